The number of hydrogen-bond donors (Lipinski definition) is 2. The maximum atomic E-state index is 11.1. The molecule has 1 fully saturated rings. The number of aromatic carboxylic acids is 1. The molecule has 0 unspecified atom stereocenters. The van der Waals surface area contributed by atoms with Crippen LogP contribution in [0, 0.1) is 12.8 Å². The Balaban J connectivity index is 1.62. The van der Waals surface area contributed by atoms with Gasteiger partial charge in [0.15, 0.2) is 11.5 Å². The summed E-state index contributed by atoms with van der Waals surface area (Å²) in [5, 5.41) is 20.8. The van der Waals surface area contributed by atoms with Crippen molar-refractivity contribution in [2.24, 2.45) is 5.92 Å². The smallest absolute Gasteiger partial charge is 0.356 e. The molecule has 1 aliphatic rings. The molecule has 0 bridgehead atoms. The minimum Gasteiger partial charge on any atom is -0.476 e. The van der Waals surface area contributed by atoms with Crippen molar-refractivity contribution in [1.29, 1.82) is 0 Å². The van der Waals surface area contributed by atoms with Gasteiger partial charge in [0.2, 0.25) is 0 Å². The zero-order valence-corrected chi connectivity index (χ0v) is 13.3. The van der Waals surface area contributed by atoms with Crippen molar-refractivity contribution < 1.29 is 9.90 Å². The highest BCUT2D eigenvalue weighted by Gasteiger charge is 2.18. The van der Waals surface area contributed by atoms with Crippen LogP contribution < -0.4 is 5.32 Å². The highest BCUT2D eigenvalue weighted by Crippen LogP contribution is 2.28. The molecule has 124 valence electrons. The summed E-state index contributed by atoms with van der Waals surface area (Å²) in [5.74, 6) is 0.239. The number of fused-ring (bicyclic) bond motifs is 1. The molecule has 8 nitrogen and oxygen atoms in total. The molecule has 3 aromatic rings. The van der Waals surface area contributed by atoms with E-state index in [1.165, 1.54) is 29.8 Å². The van der Waals surface area contributed by atoms with Crippen LogP contribution in [0.2, 0.25) is 0 Å². The fourth-order valence-corrected chi connectivity index (χ4v) is 2.91. The monoisotopic (exact) mass is 326 g/mol. The maximum absolute atomic E-state index is 11.1. The van der Waals surface area contributed by atoms with Crippen LogP contribution in [0.3, 0.4) is 0 Å². The molecule has 0 amide bonds. The molecule has 8 heteroatoms. The van der Waals surface area contributed by atoms with Gasteiger partial charge >= 0.3 is 5.97 Å². The fraction of sp³-hybridized carbons (Fsp3) is 0.375. The Labute approximate surface area is 138 Å². The third-order valence-corrected chi connectivity index (χ3v) is 4.36. The number of carboxylic acids is 1. The summed E-state index contributed by atoms with van der Waals surface area (Å²) >= 11 is 0. The molecule has 1 saturated carbocycles. The van der Waals surface area contributed by atoms with Crippen molar-refractivity contribution >= 4 is 23.0 Å². The average molecular weight is 326 g/mol. The van der Waals surface area contributed by atoms with Crippen molar-refractivity contribution in [1.82, 2.24) is 24.4 Å². The van der Waals surface area contributed by atoms with Crippen LogP contribution in [-0.4, -0.2) is 35.5 Å². The molecule has 0 spiro atoms. The lowest BCUT2D eigenvalue weighted by Gasteiger charge is -2.24. The summed E-state index contributed by atoms with van der Waals surface area (Å²) < 4.78 is 3.48. The number of rotatable bonds is 5. The van der Waals surface area contributed by atoms with Gasteiger partial charge in [-0.1, -0.05) is 6.42 Å². The Morgan fingerprint density at radius 1 is 1.42 bits per heavy atom. The van der Waals surface area contributed by atoms with E-state index in [4.69, 9.17) is 5.11 Å². The average Bonchev–Trinajstić information content (AvgIpc) is 3.09. The number of aryl methyl sites for hydroxylation is 1. The van der Waals surface area contributed by atoms with Crippen molar-refractivity contribution in [3.8, 4) is 0 Å². The predicted octanol–water partition coefficient (Wildman–Crippen LogP) is 2.48. The topological polar surface area (TPSA) is 97.3 Å². The Morgan fingerprint density at radius 3 is 2.96 bits per heavy atom. The van der Waals surface area contributed by atoms with Gasteiger partial charge in [0.25, 0.3) is 0 Å². The van der Waals surface area contributed by atoms with Crippen LogP contribution in [0.4, 0.5) is 11.5 Å². The van der Waals surface area contributed by atoms with Gasteiger partial charge in [-0.25, -0.2) is 14.3 Å². The van der Waals surface area contributed by atoms with E-state index >= 15 is 0 Å². The van der Waals surface area contributed by atoms with Crippen LogP contribution in [-0.2, 0) is 6.54 Å². The number of nitrogens with zero attached hydrogens (tertiary/aromatic N) is 5. The molecule has 3 heterocycles. The normalized spacial score (nSPS) is 14.7. The highest BCUT2D eigenvalue weighted by atomic mass is 16.4. The first-order chi connectivity index (χ1) is 11.6. The van der Waals surface area contributed by atoms with E-state index in [-0.39, 0.29) is 5.69 Å². The van der Waals surface area contributed by atoms with Crippen LogP contribution in [0.1, 0.15) is 35.4 Å². The first-order valence-electron chi connectivity index (χ1n) is 7.98. The van der Waals surface area contributed by atoms with Crippen LogP contribution in [0.25, 0.3) is 5.52 Å². The zero-order valence-electron chi connectivity index (χ0n) is 13.3. The predicted molar refractivity (Wildman–Crippen MR) is 87.5 cm³/mol. The van der Waals surface area contributed by atoms with E-state index in [9.17, 15) is 4.79 Å². The van der Waals surface area contributed by atoms with E-state index in [2.05, 4.69) is 20.5 Å². The second kappa shape index (κ2) is 5.63. The largest absolute Gasteiger partial charge is 0.476 e. The molecule has 24 heavy (non-hydrogen) atoms. The standard InChI is InChI=1S/C16H18N6O2/c1-10-7-22-14(5-13(20-22)16(23)24)15(18-10)19-12-6-17-21(9-12)8-11-3-2-4-11/h5-7,9,11H,2-4,8H2,1H3,(H,18,19)(H,23,24). The van der Waals surface area contributed by atoms with E-state index in [0.717, 1.165) is 23.8 Å². The lowest BCUT2D eigenvalue weighted by Crippen LogP contribution is -2.18. The van der Waals surface area contributed by atoms with Gasteiger partial charge in [-0.05, 0) is 25.7 Å². The molecule has 4 rings (SSSR count). The van der Waals surface area contributed by atoms with Crippen LogP contribution >= 0.6 is 0 Å². The molecule has 0 atom stereocenters. The van der Waals surface area contributed by atoms with Crippen LogP contribution in [0.15, 0.2) is 24.7 Å². The molecule has 0 aliphatic heterocycles. The van der Waals surface area contributed by atoms with E-state index < -0.39 is 5.97 Å². The Morgan fingerprint density at radius 2 is 2.25 bits per heavy atom. The Kier molecular flexibility index (Phi) is 3.44. The first kappa shape index (κ1) is 14.7. The van der Waals surface area contributed by atoms with Crippen LogP contribution in [0.5, 0.6) is 0 Å². The van der Waals surface area contributed by atoms with Crippen molar-refractivity contribution in [2.45, 2.75) is 32.7 Å². The number of hydrogen-bond acceptors (Lipinski definition) is 5. The lowest BCUT2D eigenvalue weighted by atomic mass is 9.85. The SMILES string of the molecule is Cc1cn2nc(C(=O)O)cc2c(Nc2cnn(CC3CCC3)c2)n1. The number of nitrogens with one attached hydrogen (secondary N) is 1. The van der Waals surface area contributed by atoms with Crippen molar-refractivity contribution in [2.75, 3.05) is 5.32 Å². The molecule has 3 aromatic heterocycles. The van der Waals surface area contributed by atoms with E-state index in [1.807, 2.05) is 17.8 Å². The summed E-state index contributed by atoms with van der Waals surface area (Å²) in [5.41, 5.74) is 2.18. The van der Waals surface area contributed by atoms with Gasteiger partial charge in [-0.3, -0.25) is 4.68 Å². The van der Waals surface area contributed by atoms with Gasteiger partial charge in [-0.2, -0.15) is 10.2 Å². The summed E-state index contributed by atoms with van der Waals surface area (Å²) in [6.45, 7) is 2.78. The summed E-state index contributed by atoms with van der Waals surface area (Å²) in [4.78, 5) is 15.6. The minimum absolute atomic E-state index is 0.00821. The van der Waals surface area contributed by atoms with Gasteiger partial charge in [0.1, 0.15) is 5.52 Å². The molecule has 1 aliphatic carbocycles. The maximum Gasteiger partial charge on any atom is 0.356 e. The number of anilines is 2. The highest BCUT2D eigenvalue weighted by molar-refractivity contribution is 5.89. The summed E-state index contributed by atoms with van der Waals surface area (Å²) in [6, 6.07) is 1.51. The van der Waals surface area contributed by atoms with Crippen molar-refractivity contribution in [3.05, 3.63) is 36.0 Å². The minimum atomic E-state index is -1.06. The van der Waals surface area contributed by atoms with Gasteiger partial charge in [0, 0.05) is 18.8 Å². The van der Waals surface area contributed by atoms with E-state index in [0.29, 0.717) is 11.3 Å². The first-order valence-corrected chi connectivity index (χ1v) is 7.98. The summed E-state index contributed by atoms with van der Waals surface area (Å²) in [6.07, 6.45) is 9.27. The Hall–Kier alpha value is -2.90. The molecular formula is C16H18N6O2. The Bertz CT molecular complexity index is 909. The molecule has 2 N–H and O–H groups in total. The third-order valence-electron chi connectivity index (χ3n) is 4.36. The van der Waals surface area contributed by atoms with Gasteiger partial charge < -0.3 is 10.4 Å². The second-order valence-corrected chi connectivity index (χ2v) is 6.27. The van der Waals surface area contributed by atoms with Gasteiger partial charge in [-0.15, -0.1) is 0 Å². The second-order valence-electron chi connectivity index (χ2n) is 6.27. The third kappa shape index (κ3) is 2.70. The number of carbonyl (C=O) groups is 1. The summed E-state index contributed by atoms with van der Waals surface area (Å²) in [7, 11) is 0. The van der Waals surface area contributed by atoms with Crippen molar-refractivity contribution in [3.63, 3.8) is 0 Å². The molecule has 0 radical (unpaired) electrons. The fourth-order valence-electron chi connectivity index (χ4n) is 2.91. The molecule has 0 saturated heterocycles. The molecule has 0 aromatic carbocycles. The number of aromatic nitrogens is 5. The number of carboxylic acid groups (broad SMARTS) is 1. The van der Waals surface area contributed by atoms with Gasteiger partial charge in [0.05, 0.1) is 23.8 Å². The van der Waals surface area contributed by atoms with E-state index in [1.54, 1.807) is 12.4 Å². The zero-order chi connectivity index (χ0) is 16.7. The lowest BCUT2D eigenvalue weighted by molar-refractivity contribution is 0.0690. The quantitative estimate of drug-likeness (QED) is 0.747. The molecular weight excluding hydrogens is 308 g/mol.